The number of hydrogen-bond donors (Lipinski definition) is 0. The molecule has 1 saturated heterocycles. The van der Waals surface area contributed by atoms with Crippen LogP contribution in [0.1, 0.15) is 34.0 Å². The summed E-state index contributed by atoms with van der Waals surface area (Å²) in [5, 5.41) is 0. The molecule has 4 nitrogen and oxygen atoms in total. The number of carbonyl (C=O) groups is 2. The van der Waals surface area contributed by atoms with Crippen LogP contribution >= 0.6 is 0 Å². The lowest BCUT2D eigenvalue weighted by molar-refractivity contribution is -0.124. The second-order valence-electron chi connectivity index (χ2n) is 6.82. The highest BCUT2D eigenvalue weighted by Gasteiger charge is 2.35. The third-order valence-corrected chi connectivity index (χ3v) is 4.86. The lowest BCUT2D eigenvalue weighted by atomic mass is 10.1. The summed E-state index contributed by atoms with van der Waals surface area (Å²) in [6.07, 6.45) is 0. The van der Waals surface area contributed by atoms with E-state index in [0.29, 0.717) is 18.7 Å². The van der Waals surface area contributed by atoms with Crippen LogP contribution in [-0.2, 0) is 4.79 Å². The molecule has 1 atom stereocenters. The van der Waals surface area contributed by atoms with Crippen molar-refractivity contribution in [3.63, 3.8) is 0 Å². The molecule has 0 saturated carbocycles. The van der Waals surface area contributed by atoms with E-state index in [1.54, 1.807) is 9.80 Å². The molecule has 3 rings (SSSR count). The molecule has 0 spiro atoms. The molecule has 0 N–H and O–H groups in total. The van der Waals surface area contributed by atoms with Gasteiger partial charge < -0.3 is 9.80 Å². The van der Waals surface area contributed by atoms with Crippen molar-refractivity contribution in [3.8, 4) is 0 Å². The van der Waals surface area contributed by atoms with Crippen LogP contribution in [0.15, 0.2) is 42.5 Å². The predicted octanol–water partition coefficient (Wildman–Crippen LogP) is 3.49. The maximum absolute atomic E-state index is 12.9. The minimum Gasteiger partial charge on any atom is -0.325 e. The van der Waals surface area contributed by atoms with Crippen molar-refractivity contribution in [2.45, 2.75) is 33.7 Å². The van der Waals surface area contributed by atoms with Gasteiger partial charge in [0.15, 0.2) is 0 Å². The molecular formula is C21H24N2O2. The smallest absolute Gasteiger partial charge is 0.254 e. The number of carbonyl (C=O) groups excluding carboxylic acids is 2. The second kappa shape index (κ2) is 6.71. The first kappa shape index (κ1) is 17.2. The molecule has 0 bridgehead atoms. The maximum atomic E-state index is 12.9. The Kier molecular flexibility index (Phi) is 4.62. The van der Waals surface area contributed by atoms with Gasteiger partial charge in [0.1, 0.15) is 6.04 Å². The van der Waals surface area contributed by atoms with Gasteiger partial charge in [0.25, 0.3) is 5.91 Å². The summed E-state index contributed by atoms with van der Waals surface area (Å²) in [4.78, 5) is 29.1. The van der Waals surface area contributed by atoms with Crippen LogP contribution in [0.3, 0.4) is 0 Å². The predicted molar refractivity (Wildman–Crippen MR) is 99.9 cm³/mol. The van der Waals surface area contributed by atoms with E-state index in [0.717, 1.165) is 16.8 Å². The third kappa shape index (κ3) is 3.29. The Morgan fingerprint density at radius 3 is 2.24 bits per heavy atom. The van der Waals surface area contributed by atoms with Crippen molar-refractivity contribution in [3.05, 3.63) is 64.7 Å². The molecule has 1 aliphatic heterocycles. The molecule has 25 heavy (non-hydrogen) atoms. The first-order valence-electron chi connectivity index (χ1n) is 8.65. The van der Waals surface area contributed by atoms with E-state index in [4.69, 9.17) is 0 Å². The van der Waals surface area contributed by atoms with E-state index in [1.807, 2.05) is 64.1 Å². The van der Waals surface area contributed by atoms with E-state index in [-0.39, 0.29) is 11.8 Å². The van der Waals surface area contributed by atoms with E-state index in [2.05, 4.69) is 6.07 Å². The molecule has 1 heterocycles. The Morgan fingerprint density at radius 2 is 1.60 bits per heavy atom. The molecule has 0 aromatic heterocycles. The van der Waals surface area contributed by atoms with E-state index >= 15 is 0 Å². The van der Waals surface area contributed by atoms with Crippen molar-refractivity contribution in [1.29, 1.82) is 0 Å². The van der Waals surface area contributed by atoms with Gasteiger partial charge in [-0.05, 0) is 51.5 Å². The Bertz CT molecular complexity index is 811. The van der Waals surface area contributed by atoms with Crippen molar-refractivity contribution in [2.75, 3.05) is 18.0 Å². The van der Waals surface area contributed by atoms with Gasteiger partial charge in [0.05, 0.1) is 0 Å². The zero-order valence-electron chi connectivity index (χ0n) is 15.2. The number of benzene rings is 2. The number of nitrogens with zero attached hydrogens (tertiary/aromatic N) is 2. The number of anilines is 1. The molecule has 2 amide bonds. The van der Waals surface area contributed by atoms with Crippen molar-refractivity contribution < 1.29 is 9.59 Å². The minimum absolute atomic E-state index is 0.0290. The molecule has 2 aromatic carbocycles. The van der Waals surface area contributed by atoms with Crippen LogP contribution in [-0.4, -0.2) is 35.8 Å². The largest absolute Gasteiger partial charge is 0.325 e. The summed E-state index contributed by atoms with van der Waals surface area (Å²) >= 11 is 0. The number of rotatable bonds is 2. The fraction of sp³-hybridized carbons (Fsp3) is 0.333. The molecule has 1 fully saturated rings. The number of hydrogen-bond acceptors (Lipinski definition) is 2. The zero-order valence-corrected chi connectivity index (χ0v) is 15.2. The van der Waals surface area contributed by atoms with Crippen LogP contribution in [0.4, 0.5) is 5.69 Å². The van der Waals surface area contributed by atoms with E-state index in [1.165, 1.54) is 5.56 Å². The van der Waals surface area contributed by atoms with Crippen LogP contribution in [0.5, 0.6) is 0 Å². The molecule has 130 valence electrons. The first-order valence-corrected chi connectivity index (χ1v) is 8.65. The number of aryl methyl sites for hydroxylation is 3. The minimum atomic E-state index is -0.469. The molecular weight excluding hydrogens is 312 g/mol. The normalized spacial score (nSPS) is 17.8. The van der Waals surface area contributed by atoms with Gasteiger partial charge >= 0.3 is 0 Å². The van der Waals surface area contributed by atoms with Gasteiger partial charge in [-0.3, -0.25) is 9.59 Å². The lowest BCUT2D eigenvalue weighted by Crippen LogP contribution is -2.57. The van der Waals surface area contributed by atoms with Crippen molar-refractivity contribution in [2.24, 2.45) is 0 Å². The Balaban J connectivity index is 1.81. The lowest BCUT2D eigenvalue weighted by Gasteiger charge is -2.39. The quantitative estimate of drug-likeness (QED) is 0.842. The van der Waals surface area contributed by atoms with Gasteiger partial charge in [0, 0.05) is 24.3 Å². The fourth-order valence-corrected chi connectivity index (χ4v) is 3.36. The van der Waals surface area contributed by atoms with Gasteiger partial charge in [-0.2, -0.15) is 0 Å². The third-order valence-electron chi connectivity index (χ3n) is 4.86. The van der Waals surface area contributed by atoms with Gasteiger partial charge in [0.2, 0.25) is 5.91 Å². The Labute approximate surface area is 149 Å². The van der Waals surface area contributed by atoms with Gasteiger partial charge in [-0.1, -0.05) is 35.4 Å². The van der Waals surface area contributed by atoms with Gasteiger partial charge in [-0.25, -0.2) is 0 Å². The summed E-state index contributed by atoms with van der Waals surface area (Å²) in [5.74, 6) is -0.111. The average molecular weight is 336 g/mol. The summed E-state index contributed by atoms with van der Waals surface area (Å²) in [5.41, 5.74) is 4.93. The topological polar surface area (TPSA) is 40.6 Å². The summed E-state index contributed by atoms with van der Waals surface area (Å²) in [6, 6.07) is 13.1. The summed E-state index contributed by atoms with van der Waals surface area (Å²) in [7, 11) is 0. The monoisotopic (exact) mass is 336 g/mol. The first-order chi connectivity index (χ1) is 11.9. The highest BCUT2D eigenvalue weighted by Crippen LogP contribution is 2.25. The van der Waals surface area contributed by atoms with Gasteiger partial charge in [-0.15, -0.1) is 0 Å². The zero-order chi connectivity index (χ0) is 18.1. The average Bonchev–Trinajstić information content (AvgIpc) is 2.58. The van der Waals surface area contributed by atoms with E-state index in [9.17, 15) is 9.59 Å². The molecule has 0 aliphatic carbocycles. The van der Waals surface area contributed by atoms with Crippen LogP contribution < -0.4 is 4.90 Å². The number of piperazine rings is 1. The molecule has 1 aliphatic rings. The van der Waals surface area contributed by atoms with E-state index < -0.39 is 6.04 Å². The molecule has 4 heteroatoms. The fourth-order valence-electron chi connectivity index (χ4n) is 3.36. The second-order valence-corrected chi connectivity index (χ2v) is 6.82. The molecule has 1 unspecified atom stereocenters. The highest BCUT2D eigenvalue weighted by molar-refractivity contribution is 6.03. The molecule has 2 aromatic rings. The summed E-state index contributed by atoms with van der Waals surface area (Å²) < 4.78 is 0. The Hall–Kier alpha value is -2.62. The van der Waals surface area contributed by atoms with Crippen LogP contribution in [0.25, 0.3) is 0 Å². The van der Waals surface area contributed by atoms with Crippen LogP contribution in [0.2, 0.25) is 0 Å². The standard InChI is InChI=1S/C21H24N2O2/c1-14-5-8-18(9-6-14)21(25)22-11-12-23(20(24)17(22)4)19-10-7-15(2)13-16(19)3/h5-10,13,17H,11-12H2,1-4H3. The molecule has 0 radical (unpaired) electrons. The maximum Gasteiger partial charge on any atom is 0.254 e. The SMILES string of the molecule is Cc1ccc(C(=O)N2CCN(c3ccc(C)cc3C)C(=O)C2C)cc1. The van der Waals surface area contributed by atoms with Crippen molar-refractivity contribution in [1.82, 2.24) is 4.90 Å². The van der Waals surface area contributed by atoms with Crippen LogP contribution in [0, 0.1) is 20.8 Å². The highest BCUT2D eigenvalue weighted by atomic mass is 16.2. The number of amides is 2. The van der Waals surface area contributed by atoms with Crippen molar-refractivity contribution >= 4 is 17.5 Å². The Morgan fingerprint density at radius 1 is 0.960 bits per heavy atom. The summed E-state index contributed by atoms with van der Waals surface area (Å²) in [6.45, 7) is 8.91.